The Morgan fingerprint density at radius 3 is 3.00 bits per heavy atom. The number of aromatic nitrogens is 2. The molecule has 1 heterocycles. The molecule has 0 aliphatic heterocycles. The summed E-state index contributed by atoms with van der Waals surface area (Å²) in [7, 11) is 1.63. The van der Waals surface area contributed by atoms with Gasteiger partial charge in [-0.25, -0.2) is 4.98 Å². The molecule has 0 atom stereocenters. The van der Waals surface area contributed by atoms with E-state index in [2.05, 4.69) is 22.2 Å². The third kappa shape index (κ3) is 3.49. The Balaban J connectivity index is 2.18. The van der Waals surface area contributed by atoms with Crippen LogP contribution in [0, 0.1) is 0 Å². The molecule has 2 N–H and O–H groups in total. The molecule has 0 aliphatic rings. The zero-order valence-electron chi connectivity index (χ0n) is 11.2. The molecule has 0 aliphatic carbocycles. The highest BCUT2D eigenvalue weighted by atomic mass is 35.5. The molecule has 0 saturated heterocycles. The maximum absolute atomic E-state index is 5.95. The smallest absolute Gasteiger partial charge is 0.141 e. The van der Waals surface area contributed by atoms with Crippen LogP contribution in [-0.4, -0.2) is 23.6 Å². The van der Waals surface area contributed by atoms with Crippen molar-refractivity contribution in [2.75, 3.05) is 13.7 Å². The van der Waals surface area contributed by atoms with Crippen LogP contribution in [0.1, 0.15) is 19.0 Å². The highest BCUT2D eigenvalue weighted by Crippen LogP contribution is 2.30. The quantitative estimate of drug-likeness (QED) is 0.798. The van der Waals surface area contributed by atoms with Gasteiger partial charge in [0.15, 0.2) is 0 Å². The van der Waals surface area contributed by atoms with Gasteiger partial charge in [-0.05, 0) is 31.2 Å². The first-order valence-electron chi connectivity index (χ1n) is 6.33. The minimum Gasteiger partial charge on any atom is -0.496 e. The van der Waals surface area contributed by atoms with E-state index in [-0.39, 0.29) is 0 Å². The zero-order valence-corrected chi connectivity index (χ0v) is 11.9. The molecule has 0 saturated carbocycles. The first-order valence-corrected chi connectivity index (χ1v) is 6.71. The van der Waals surface area contributed by atoms with Gasteiger partial charge in [-0.2, -0.15) is 0 Å². The number of benzene rings is 1. The molecular formula is C14H18ClN3O. The fourth-order valence-electron chi connectivity index (χ4n) is 1.85. The van der Waals surface area contributed by atoms with E-state index in [0.29, 0.717) is 5.02 Å². The zero-order chi connectivity index (χ0) is 13.7. The maximum atomic E-state index is 5.95. The average molecular weight is 280 g/mol. The lowest BCUT2D eigenvalue weighted by molar-refractivity contribution is 0.416. The van der Waals surface area contributed by atoms with E-state index in [1.54, 1.807) is 13.2 Å². The second-order valence-electron chi connectivity index (χ2n) is 4.28. The van der Waals surface area contributed by atoms with Crippen molar-refractivity contribution in [1.82, 2.24) is 15.3 Å². The molecule has 1 aromatic heterocycles. The van der Waals surface area contributed by atoms with Crippen LogP contribution in [0.25, 0.3) is 11.4 Å². The summed E-state index contributed by atoms with van der Waals surface area (Å²) in [5.74, 6) is 1.51. The third-order valence-corrected chi connectivity index (χ3v) is 3.02. The highest BCUT2D eigenvalue weighted by molar-refractivity contribution is 6.30. The molecule has 0 spiro atoms. The minimum atomic E-state index is 0.650. The van der Waals surface area contributed by atoms with Crippen molar-refractivity contribution in [2.24, 2.45) is 0 Å². The summed E-state index contributed by atoms with van der Waals surface area (Å²) >= 11 is 5.95. The predicted molar refractivity (Wildman–Crippen MR) is 77.6 cm³/mol. The van der Waals surface area contributed by atoms with Crippen LogP contribution in [0.15, 0.2) is 24.4 Å². The number of imidazole rings is 1. The van der Waals surface area contributed by atoms with E-state index in [9.17, 15) is 0 Å². The monoisotopic (exact) mass is 279 g/mol. The van der Waals surface area contributed by atoms with Gasteiger partial charge in [-0.15, -0.1) is 0 Å². The van der Waals surface area contributed by atoms with Crippen molar-refractivity contribution in [3.05, 3.63) is 35.1 Å². The van der Waals surface area contributed by atoms with Crippen LogP contribution >= 0.6 is 11.6 Å². The van der Waals surface area contributed by atoms with E-state index in [1.807, 2.05) is 18.3 Å². The van der Waals surface area contributed by atoms with Crippen molar-refractivity contribution in [3.63, 3.8) is 0 Å². The molecule has 4 nitrogen and oxygen atoms in total. The Kier molecular flexibility index (Phi) is 4.82. The first kappa shape index (κ1) is 13.9. The van der Waals surface area contributed by atoms with Crippen molar-refractivity contribution < 1.29 is 4.74 Å². The van der Waals surface area contributed by atoms with Gasteiger partial charge in [0, 0.05) is 23.5 Å². The van der Waals surface area contributed by atoms with Crippen molar-refractivity contribution >= 4 is 11.6 Å². The van der Waals surface area contributed by atoms with Gasteiger partial charge in [0.1, 0.15) is 11.6 Å². The van der Waals surface area contributed by atoms with E-state index >= 15 is 0 Å². The number of aromatic amines is 1. The average Bonchev–Trinajstić information content (AvgIpc) is 2.87. The van der Waals surface area contributed by atoms with Crippen molar-refractivity contribution in [3.8, 4) is 17.1 Å². The fourth-order valence-corrected chi connectivity index (χ4v) is 2.01. The summed E-state index contributed by atoms with van der Waals surface area (Å²) in [6, 6.07) is 5.52. The largest absolute Gasteiger partial charge is 0.496 e. The molecule has 0 bridgehead atoms. The van der Waals surface area contributed by atoms with Crippen LogP contribution in [0.5, 0.6) is 5.75 Å². The van der Waals surface area contributed by atoms with Gasteiger partial charge in [0.2, 0.25) is 0 Å². The molecule has 102 valence electrons. The molecule has 2 rings (SSSR count). The normalized spacial score (nSPS) is 10.7. The maximum Gasteiger partial charge on any atom is 0.141 e. The van der Waals surface area contributed by atoms with Gasteiger partial charge in [-0.1, -0.05) is 18.5 Å². The van der Waals surface area contributed by atoms with Gasteiger partial charge in [-0.3, -0.25) is 0 Å². The Morgan fingerprint density at radius 1 is 1.42 bits per heavy atom. The van der Waals surface area contributed by atoms with E-state index in [1.165, 1.54) is 0 Å². The number of rotatable bonds is 6. The number of nitrogens with one attached hydrogen (secondary N) is 2. The number of ether oxygens (including phenoxy) is 1. The number of H-pyrrole nitrogens is 1. The molecule has 19 heavy (non-hydrogen) atoms. The van der Waals surface area contributed by atoms with Crippen LogP contribution in [-0.2, 0) is 6.54 Å². The van der Waals surface area contributed by atoms with Gasteiger partial charge in [0.05, 0.1) is 12.7 Å². The third-order valence-electron chi connectivity index (χ3n) is 2.79. The van der Waals surface area contributed by atoms with Crippen LogP contribution in [0.2, 0.25) is 5.02 Å². The Hall–Kier alpha value is -1.52. The Morgan fingerprint density at radius 2 is 2.26 bits per heavy atom. The summed E-state index contributed by atoms with van der Waals surface area (Å²) in [6.07, 6.45) is 2.96. The van der Waals surface area contributed by atoms with Crippen LogP contribution < -0.4 is 10.1 Å². The topological polar surface area (TPSA) is 49.9 Å². The lowest BCUT2D eigenvalue weighted by Crippen LogP contribution is -2.13. The minimum absolute atomic E-state index is 0.650. The predicted octanol–water partition coefficient (Wildman–Crippen LogP) is 3.24. The summed E-state index contributed by atoms with van der Waals surface area (Å²) in [6.45, 7) is 3.93. The number of nitrogens with zero attached hydrogens (tertiary/aromatic N) is 1. The fraction of sp³-hybridized carbons (Fsp3) is 0.357. The molecule has 5 heteroatoms. The van der Waals surface area contributed by atoms with Gasteiger partial charge in [0.25, 0.3) is 0 Å². The molecule has 0 unspecified atom stereocenters. The van der Waals surface area contributed by atoms with E-state index in [4.69, 9.17) is 16.3 Å². The number of hydrogen-bond donors (Lipinski definition) is 2. The number of methoxy groups -OCH3 is 1. The summed E-state index contributed by atoms with van der Waals surface area (Å²) in [5, 5.41) is 3.98. The number of hydrogen-bond acceptors (Lipinski definition) is 3. The Bertz CT molecular complexity index is 539. The lowest BCUT2D eigenvalue weighted by atomic mass is 10.2. The van der Waals surface area contributed by atoms with Crippen molar-refractivity contribution in [2.45, 2.75) is 19.9 Å². The Labute approximate surface area is 118 Å². The van der Waals surface area contributed by atoms with Crippen LogP contribution in [0.3, 0.4) is 0 Å². The van der Waals surface area contributed by atoms with Gasteiger partial charge < -0.3 is 15.0 Å². The number of halogens is 1. The van der Waals surface area contributed by atoms with E-state index in [0.717, 1.165) is 42.3 Å². The lowest BCUT2D eigenvalue weighted by Gasteiger charge is -2.06. The van der Waals surface area contributed by atoms with Gasteiger partial charge >= 0.3 is 0 Å². The standard InChI is InChI=1S/C14H18ClN3O/c1-3-6-16-8-11-9-17-14(18-11)12-5-4-10(15)7-13(12)19-2/h4-5,7,9,16H,3,6,8H2,1-2H3,(H,17,18). The molecule has 1 aromatic carbocycles. The van der Waals surface area contributed by atoms with Crippen molar-refractivity contribution in [1.29, 1.82) is 0 Å². The molecule has 0 radical (unpaired) electrons. The second-order valence-corrected chi connectivity index (χ2v) is 4.71. The molecule has 0 fully saturated rings. The summed E-state index contributed by atoms with van der Waals surface area (Å²) in [5.41, 5.74) is 1.97. The van der Waals surface area contributed by atoms with Crippen LogP contribution in [0.4, 0.5) is 0 Å². The molecular weight excluding hydrogens is 262 g/mol. The second kappa shape index (κ2) is 6.59. The highest BCUT2D eigenvalue weighted by Gasteiger charge is 2.10. The SMILES string of the molecule is CCCNCc1cnc(-c2ccc(Cl)cc2OC)[nH]1. The summed E-state index contributed by atoms with van der Waals surface area (Å²) in [4.78, 5) is 7.67. The molecule has 0 amide bonds. The molecule has 2 aromatic rings. The first-order chi connectivity index (χ1) is 9.24. The van der Waals surface area contributed by atoms with E-state index < -0.39 is 0 Å². The summed E-state index contributed by atoms with van der Waals surface area (Å²) < 4.78 is 5.33.